The second kappa shape index (κ2) is 8.87. The first-order chi connectivity index (χ1) is 13.7. The van der Waals surface area contributed by atoms with E-state index in [1.807, 2.05) is 0 Å². The van der Waals surface area contributed by atoms with Crippen molar-refractivity contribution in [2.45, 2.75) is 45.2 Å². The SMILES string of the molecule is Cc1ccc(CN2CCN(c3nnc(NC(=O)NC4CCCC4)s3)CC2)cc1. The Labute approximate surface area is 170 Å². The van der Waals surface area contributed by atoms with Gasteiger partial charge in [0.15, 0.2) is 0 Å². The molecule has 0 bridgehead atoms. The van der Waals surface area contributed by atoms with Crippen LogP contribution in [-0.4, -0.2) is 53.3 Å². The number of nitrogens with one attached hydrogen (secondary N) is 2. The fourth-order valence-electron chi connectivity index (χ4n) is 3.83. The number of rotatable bonds is 5. The van der Waals surface area contributed by atoms with Gasteiger partial charge >= 0.3 is 6.03 Å². The molecule has 1 saturated heterocycles. The number of amides is 2. The summed E-state index contributed by atoms with van der Waals surface area (Å²) in [6, 6.07) is 8.89. The van der Waals surface area contributed by atoms with E-state index in [1.165, 1.54) is 35.3 Å². The average molecular weight is 401 g/mol. The molecule has 2 aromatic rings. The molecule has 0 spiro atoms. The van der Waals surface area contributed by atoms with E-state index >= 15 is 0 Å². The number of hydrogen-bond acceptors (Lipinski definition) is 6. The number of nitrogens with zero attached hydrogens (tertiary/aromatic N) is 4. The molecule has 0 atom stereocenters. The summed E-state index contributed by atoms with van der Waals surface area (Å²) in [6.07, 6.45) is 4.54. The third-order valence-electron chi connectivity index (χ3n) is 5.49. The fourth-order valence-corrected chi connectivity index (χ4v) is 4.62. The van der Waals surface area contributed by atoms with Gasteiger partial charge in [-0.1, -0.05) is 54.0 Å². The van der Waals surface area contributed by atoms with Crippen LogP contribution in [0.1, 0.15) is 36.8 Å². The number of piperazine rings is 1. The van der Waals surface area contributed by atoms with Crippen molar-refractivity contribution in [2.24, 2.45) is 0 Å². The highest BCUT2D eigenvalue weighted by Gasteiger charge is 2.21. The van der Waals surface area contributed by atoms with Crippen molar-refractivity contribution in [3.05, 3.63) is 35.4 Å². The highest BCUT2D eigenvalue weighted by atomic mass is 32.1. The predicted octanol–water partition coefficient (Wildman–Crippen LogP) is 3.23. The number of hydrogen-bond donors (Lipinski definition) is 2. The molecular formula is C20H28N6OS. The van der Waals surface area contributed by atoms with Gasteiger partial charge < -0.3 is 10.2 Å². The van der Waals surface area contributed by atoms with Gasteiger partial charge in [0.05, 0.1) is 0 Å². The van der Waals surface area contributed by atoms with Gasteiger partial charge in [-0.2, -0.15) is 0 Å². The van der Waals surface area contributed by atoms with Crippen LogP contribution in [0.25, 0.3) is 0 Å². The van der Waals surface area contributed by atoms with Gasteiger partial charge in [-0.3, -0.25) is 10.2 Å². The van der Waals surface area contributed by atoms with Crippen LogP contribution in [0.15, 0.2) is 24.3 Å². The Hall–Kier alpha value is -2.19. The summed E-state index contributed by atoms with van der Waals surface area (Å²) in [7, 11) is 0. The average Bonchev–Trinajstić information content (AvgIpc) is 3.36. The van der Waals surface area contributed by atoms with Crippen LogP contribution < -0.4 is 15.5 Å². The minimum Gasteiger partial charge on any atom is -0.344 e. The van der Waals surface area contributed by atoms with Gasteiger partial charge in [0.25, 0.3) is 0 Å². The van der Waals surface area contributed by atoms with E-state index in [-0.39, 0.29) is 6.03 Å². The lowest BCUT2D eigenvalue weighted by molar-refractivity contribution is 0.248. The second-order valence-corrected chi connectivity index (χ2v) is 8.67. The number of urea groups is 1. The fraction of sp³-hybridized carbons (Fsp3) is 0.550. The molecule has 28 heavy (non-hydrogen) atoms. The first kappa shape index (κ1) is 19.1. The quantitative estimate of drug-likeness (QED) is 0.806. The highest BCUT2D eigenvalue weighted by molar-refractivity contribution is 7.19. The van der Waals surface area contributed by atoms with E-state index in [0.29, 0.717) is 11.2 Å². The molecule has 0 unspecified atom stereocenters. The predicted molar refractivity (Wildman–Crippen MR) is 113 cm³/mol. The molecule has 8 heteroatoms. The smallest absolute Gasteiger partial charge is 0.321 e. The molecule has 2 fully saturated rings. The van der Waals surface area contributed by atoms with E-state index in [9.17, 15) is 4.79 Å². The van der Waals surface area contributed by atoms with Gasteiger partial charge in [-0.25, -0.2) is 4.79 Å². The van der Waals surface area contributed by atoms with E-state index in [2.05, 4.69) is 61.8 Å². The molecule has 0 radical (unpaired) electrons. The van der Waals surface area contributed by atoms with Crippen LogP contribution in [0, 0.1) is 6.92 Å². The molecular weight excluding hydrogens is 372 g/mol. The van der Waals surface area contributed by atoms with E-state index in [1.54, 1.807) is 0 Å². The van der Waals surface area contributed by atoms with Gasteiger partial charge in [-0.15, -0.1) is 10.2 Å². The van der Waals surface area contributed by atoms with Crippen molar-refractivity contribution in [2.75, 3.05) is 36.4 Å². The first-order valence-corrected chi connectivity index (χ1v) is 10.9. The molecule has 2 N–H and O–H groups in total. The third kappa shape index (κ3) is 4.99. The van der Waals surface area contributed by atoms with Crippen molar-refractivity contribution in [3.8, 4) is 0 Å². The van der Waals surface area contributed by atoms with Crippen LogP contribution in [0.3, 0.4) is 0 Å². The summed E-state index contributed by atoms with van der Waals surface area (Å²) >= 11 is 1.45. The van der Waals surface area contributed by atoms with Gasteiger partial charge in [0.2, 0.25) is 10.3 Å². The van der Waals surface area contributed by atoms with Crippen molar-refractivity contribution in [3.63, 3.8) is 0 Å². The Balaban J connectivity index is 1.24. The molecule has 1 aliphatic heterocycles. The van der Waals surface area contributed by atoms with Crippen molar-refractivity contribution < 1.29 is 4.79 Å². The van der Waals surface area contributed by atoms with Crippen LogP contribution in [-0.2, 0) is 6.54 Å². The molecule has 1 aliphatic carbocycles. The number of benzene rings is 1. The molecule has 1 saturated carbocycles. The summed E-state index contributed by atoms with van der Waals surface area (Å²) in [5.41, 5.74) is 2.65. The van der Waals surface area contributed by atoms with Crippen LogP contribution in [0.4, 0.5) is 15.1 Å². The Morgan fingerprint density at radius 3 is 2.54 bits per heavy atom. The van der Waals surface area contributed by atoms with Gasteiger partial charge in [0.1, 0.15) is 0 Å². The topological polar surface area (TPSA) is 73.4 Å². The van der Waals surface area contributed by atoms with Crippen LogP contribution in [0.2, 0.25) is 0 Å². The zero-order valence-electron chi connectivity index (χ0n) is 16.4. The van der Waals surface area contributed by atoms with E-state index < -0.39 is 0 Å². The lowest BCUT2D eigenvalue weighted by Gasteiger charge is -2.34. The molecule has 2 aliphatic rings. The summed E-state index contributed by atoms with van der Waals surface area (Å²) in [6.45, 7) is 6.95. The lowest BCUT2D eigenvalue weighted by atomic mass is 10.1. The Bertz CT molecular complexity index is 778. The Kier molecular flexibility index (Phi) is 6.07. The molecule has 4 rings (SSSR count). The van der Waals surface area contributed by atoms with Crippen molar-refractivity contribution >= 4 is 27.6 Å². The molecule has 2 amide bonds. The molecule has 150 valence electrons. The molecule has 1 aromatic heterocycles. The second-order valence-electron chi connectivity index (χ2n) is 7.72. The number of aromatic nitrogens is 2. The van der Waals surface area contributed by atoms with Gasteiger partial charge in [-0.05, 0) is 25.3 Å². The Morgan fingerprint density at radius 1 is 1.11 bits per heavy atom. The Morgan fingerprint density at radius 2 is 1.82 bits per heavy atom. The number of carbonyl (C=O) groups excluding carboxylic acids is 1. The summed E-state index contributed by atoms with van der Waals surface area (Å²) < 4.78 is 0. The van der Waals surface area contributed by atoms with Crippen molar-refractivity contribution in [1.29, 1.82) is 0 Å². The maximum Gasteiger partial charge on any atom is 0.321 e. The van der Waals surface area contributed by atoms with Crippen molar-refractivity contribution in [1.82, 2.24) is 20.4 Å². The summed E-state index contributed by atoms with van der Waals surface area (Å²) in [5.74, 6) is 0. The zero-order chi connectivity index (χ0) is 19.3. The molecule has 1 aromatic carbocycles. The summed E-state index contributed by atoms with van der Waals surface area (Å²) in [5, 5.41) is 15.7. The maximum atomic E-state index is 12.1. The van der Waals surface area contributed by atoms with E-state index in [0.717, 1.165) is 50.7 Å². The van der Waals surface area contributed by atoms with Crippen LogP contribution in [0.5, 0.6) is 0 Å². The molecule has 2 heterocycles. The first-order valence-electron chi connectivity index (χ1n) is 10.1. The minimum atomic E-state index is -0.169. The largest absolute Gasteiger partial charge is 0.344 e. The van der Waals surface area contributed by atoms with E-state index in [4.69, 9.17) is 0 Å². The highest BCUT2D eigenvalue weighted by Crippen LogP contribution is 2.25. The number of aryl methyl sites for hydroxylation is 1. The third-order valence-corrected chi connectivity index (χ3v) is 6.39. The summed E-state index contributed by atoms with van der Waals surface area (Å²) in [4.78, 5) is 16.8. The lowest BCUT2D eigenvalue weighted by Crippen LogP contribution is -2.45. The number of anilines is 2. The van der Waals surface area contributed by atoms with Crippen LogP contribution >= 0.6 is 11.3 Å². The molecule has 7 nitrogen and oxygen atoms in total. The maximum absolute atomic E-state index is 12.1. The standard InChI is InChI=1S/C20H28N6OS/c1-15-6-8-16(9-7-15)14-25-10-12-26(13-11-25)20-24-23-19(28-20)22-18(27)21-17-4-2-3-5-17/h6-9,17H,2-5,10-14H2,1H3,(H2,21,22,23,27). The monoisotopic (exact) mass is 400 g/mol. The zero-order valence-corrected chi connectivity index (χ0v) is 17.2. The number of carbonyl (C=O) groups is 1. The minimum absolute atomic E-state index is 0.169. The normalized spacial score (nSPS) is 18.4. The van der Waals surface area contributed by atoms with Gasteiger partial charge in [0, 0.05) is 38.8 Å².